The summed E-state index contributed by atoms with van der Waals surface area (Å²) in [7, 11) is 0. The molecule has 0 heterocycles. The van der Waals surface area contributed by atoms with Gasteiger partial charge in [0.15, 0.2) is 0 Å². The zero-order chi connectivity index (χ0) is 10.2. The second kappa shape index (κ2) is 3.43. The van der Waals surface area contributed by atoms with Gasteiger partial charge in [-0.25, -0.2) is 0 Å². The first kappa shape index (κ1) is 10.7. The fourth-order valence-electron chi connectivity index (χ4n) is 2.43. The molecule has 1 aliphatic carbocycles. The fraction of sp³-hybridized carbons (Fsp3) is 0.917. The van der Waals surface area contributed by atoms with E-state index in [9.17, 15) is 0 Å². The number of rotatable bonds is 3. The van der Waals surface area contributed by atoms with E-state index in [0.29, 0.717) is 11.5 Å². The van der Waals surface area contributed by atoms with Crippen molar-refractivity contribution < 1.29 is 0 Å². The summed E-state index contributed by atoms with van der Waals surface area (Å²) in [6.07, 6.45) is 1.36. The van der Waals surface area contributed by atoms with Gasteiger partial charge in [-0.3, -0.25) is 4.99 Å². The Balaban J connectivity index is 2.60. The van der Waals surface area contributed by atoms with Crippen molar-refractivity contribution >= 4 is 5.71 Å². The van der Waals surface area contributed by atoms with E-state index in [-0.39, 0.29) is 0 Å². The van der Waals surface area contributed by atoms with Gasteiger partial charge >= 0.3 is 0 Å². The summed E-state index contributed by atoms with van der Waals surface area (Å²) < 4.78 is 0. The van der Waals surface area contributed by atoms with Crippen molar-refractivity contribution in [1.82, 2.24) is 0 Å². The van der Waals surface area contributed by atoms with E-state index < -0.39 is 0 Å². The van der Waals surface area contributed by atoms with Gasteiger partial charge < -0.3 is 0 Å². The Morgan fingerprint density at radius 3 is 2.15 bits per heavy atom. The van der Waals surface area contributed by atoms with E-state index in [1.807, 2.05) is 0 Å². The Morgan fingerprint density at radius 1 is 1.31 bits per heavy atom. The number of nitrogens with zero attached hydrogens (tertiary/aromatic N) is 1. The van der Waals surface area contributed by atoms with Crippen molar-refractivity contribution in [2.24, 2.45) is 22.2 Å². The predicted molar refractivity (Wildman–Crippen MR) is 59.3 cm³/mol. The molecule has 1 saturated carbocycles. The Bertz CT molecular complexity index is 213. The van der Waals surface area contributed by atoms with Crippen LogP contribution in [0.2, 0.25) is 0 Å². The van der Waals surface area contributed by atoms with Crippen LogP contribution < -0.4 is 0 Å². The normalized spacial score (nSPS) is 34.5. The molecule has 0 spiro atoms. The third-order valence-electron chi connectivity index (χ3n) is 3.56. The van der Waals surface area contributed by atoms with Crippen molar-refractivity contribution in [3.63, 3.8) is 0 Å². The molecule has 2 unspecified atom stereocenters. The summed E-state index contributed by atoms with van der Waals surface area (Å²) >= 11 is 0. The van der Waals surface area contributed by atoms with Crippen LogP contribution in [-0.2, 0) is 0 Å². The van der Waals surface area contributed by atoms with Crippen LogP contribution in [0.1, 0.15) is 48.0 Å². The van der Waals surface area contributed by atoms with Crippen LogP contribution in [-0.4, -0.2) is 11.8 Å². The van der Waals surface area contributed by atoms with E-state index >= 15 is 0 Å². The molecule has 1 fully saturated rings. The van der Waals surface area contributed by atoms with Gasteiger partial charge in [0.2, 0.25) is 0 Å². The highest BCUT2D eigenvalue weighted by molar-refractivity contribution is 5.79. The molecule has 0 radical (unpaired) electrons. The van der Waals surface area contributed by atoms with E-state index in [1.165, 1.54) is 12.1 Å². The van der Waals surface area contributed by atoms with E-state index in [4.69, 9.17) is 0 Å². The van der Waals surface area contributed by atoms with Gasteiger partial charge in [0.05, 0.1) is 6.04 Å². The lowest BCUT2D eigenvalue weighted by Crippen LogP contribution is -2.18. The molecule has 0 aromatic carbocycles. The van der Waals surface area contributed by atoms with Crippen LogP contribution in [0.25, 0.3) is 0 Å². The first-order valence-corrected chi connectivity index (χ1v) is 5.39. The van der Waals surface area contributed by atoms with Crippen molar-refractivity contribution in [1.29, 1.82) is 0 Å². The minimum atomic E-state index is 0.492. The molecule has 0 N–H and O–H groups in total. The third-order valence-corrected chi connectivity index (χ3v) is 3.56. The summed E-state index contributed by atoms with van der Waals surface area (Å²) in [5, 5.41) is 0. The summed E-state index contributed by atoms with van der Waals surface area (Å²) in [6, 6.07) is 0.505. The second-order valence-electron chi connectivity index (χ2n) is 5.31. The standard InChI is InChI=1S/C12H23N/c1-8(2)11-7-12(11,6)10(5)13-9(3)4/h8,10-11H,7H2,1-6H3/t10?,11?,12-/m0/s1. The van der Waals surface area contributed by atoms with Gasteiger partial charge in [-0.1, -0.05) is 20.8 Å². The first-order chi connectivity index (χ1) is 5.88. The van der Waals surface area contributed by atoms with Crippen molar-refractivity contribution in [3.8, 4) is 0 Å². The average molecular weight is 181 g/mol. The molecule has 0 aliphatic heterocycles. The predicted octanol–water partition coefficient (Wildman–Crippen LogP) is 3.54. The maximum absolute atomic E-state index is 4.66. The first-order valence-electron chi connectivity index (χ1n) is 5.39. The molecule has 0 saturated heterocycles. The van der Waals surface area contributed by atoms with E-state index in [2.05, 4.69) is 46.5 Å². The highest BCUT2D eigenvalue weighted by Gasteiger charge is 2.54. The van der Waals surface area contributed by atoms with Crippen LogP contribution in [0, 0.1) is 17.3 Å². The molecule has 1 nitrogen and oxygen atoms in total. The van der Waals surface area contributed by atoms with Crippen LogP contribution in [0.4, 0.5) is 0 Å². The van der Waals surface area contributed by atoms with Crippen LogP contribution in [0.5, 0.6) is 0 Å². The molecule has 13 heavy (non-hydrogen) atoms. The number of hydrogen-bond acceptors (Lipinski definition) is 1. The Kier molecular flexibility index (Phi) is 2.84. The summed E-state index contributed by atoms with van der Waals surface area (Å²) in [5.74, 6) is 1.71. The molecule has 1 aliphatic rings. The average Bonchev–Trinajstić information content (AvgIpc) is 2.62. The molecule has 0 bridgehead atoms. The van der Waals surface area contributed by atoms with Crippen LogP contribution in [0.15, 0.2) is 4.99 Å². The van der Waals surface area contributed by atoms with E-state index in [1.54, 1.807) is 0 Å². The summed E-state index contributed by atoms with van der Waals surface area (Å²) in [5.41, 5.74) is 1.70. The molecule has 0 aromatic heterocycles. The lowest BCUT2D eigenvalue weighted by Gasteiger charge is -2.18. The quantitative estimate of drug-likeness (QED) is 0.591. The highest BCUT2D eigenvalue weighted by Crippen LogP contribution is 2.59. The SMILES string of the molecule is CC(C)=NC(C)[C@]1(C)CC1C(C)C. The van der Waals surface area contributed by atoms with Crippen LogP contribution >= 0.6 is 0 Å². The van der Waals surface area contributed by atoms with Crippen molar-refractivity contribution in [3.05, 3.63) is 0 Å². The molecule has 0 amide bonds. The number of aliphatic imine (C=N–C) groups is 1. The molecular formula is C12H23N. The minimum absolute atomic E-state index is 0.492. The molecule has 1 heteroatoms. The van der Waals surface area contributed by atoms with Gasteiger partial charge in [-0.15, -0.1) is 0 Å². The van der Waals surface area contributed by atoms with Gasteiger partial charge in [0, 0.05) is 5.71 Å². The van der Waals surface area contributed by atoms with Crippen LogP contribution in [0.3, 0.4) is 0 Å². The fourth-order valence-corrected chi connectivity index (χ4v) is 2.43. The largest absolute Gasteiger partial charge is 0.291 e. The topological polar surface area (TPSA) is 12.4 Å². The van der Waals surface area contributed by atoms with Gasteiger partial charge in [-0.05, 0) is 44.4 Å². The molecule has 0 aromatic rings. The van der Waals surface area contributed by atoms with Gasteiger partial charge in [0.1, 0.15) is 0 Å². The Morgan fingerprint density at radius 2 is 1.85 bits per heavy atom. The zero-order valence-electron chi connectivity index (χ0n) is 9.89. The van der Waals surface area contributed by atoms with Gasteiger partial charge in [-0.2, -0.15) is 0 Å². The minimum Gasteiger partial charge on any atom is -0.291 e. The Hall–Kier alpha value is -0.330. The maximum Gasteiger partial charge on any atom is 0.0527 e. The summed E-state index contributed by atoms with van der Waals surface area (Å²) in [4.78, 5) is 4.66. The lowest BCUT2D eigenvalue weighted by molar-refractivity contribution is 0.370. The molecule has 1 rings (SSSR count). The monoisotopic (exact) mass is 181 g/mol. The smallest absolute Gasteiger partial charge is 0.0527 e. The van der Waals surface area contributed by atoms with Gasteiger partial charge in [0.25, 0.3) is 0 Å². The number of hydrogen-bond donors (Lipinski definition) is 0. The molecular weight excluding hydrogens is 158 g/mol. The zero-order valence-corrected chi connectivity index (χ0v) is 9.89. The maximum atomic E-state index is 4.66. The second-order valence-corrected chi connectivity index (χ2v) is 5.31. The van der Waals surface area contributed by atoms with Crippen molar-refractivity contribution in [2.75, 3.05) is 0 Å². The molecule has 3 atom stereocenters. The Labute approximate surface area is 82.6 Å². The third kappa shape index (κ3) is 2.12. The highest BCUT2D eigenvalue weighted by atomic mass is 14.8. The van der Waals surface area contributed by atoms with Crippen molar-refractivity contribution in [2.45, 2.75) is 54.0 Å². The lowest BCUT2D eigenvalue weighted by atomic mass is 9.93. The molecule has 76 valence electrons. The summed E-state index contributed by atoms with van der Waals surface area (Å²) in [6.45, 7) is 13.5. The van der Waals surface area contributed by atoms with E-state index in [0.717, 1.165) is 11.8 Å².